The number of aliphatic hydroxyl groups excluding tert-OH is 1. The van der Waals surface area contributed by atoms with E-state index in [2.05, 4.69) is 92.1 Å². The van der Waals surface area contributed by atoms with Gasteiger partial charge >= 0.3 is 0 Å². The second-order valence-electron chi connectivity index (χ2n) is 12.5. The van der Waals surface area contributed by atoms with Crippen LogP contribution in [0.25, 0.3) is 0 Å². The molecule has 0 heterocycles. The highest BCUT2D eigenvalue weighted by atomic mass is 31.2. The number of allylic oxidation sites excluding steroid dienone is 13. The fraction of sp³-hybridized carbons (Fsp3) is 0.605. The van der Waals surface area contributed by atoms with Gasteiger partial charge in [-0.3, -0.25) is 9.36 Å². The van der Waals surface area contributed by atoms with E-state index in [-0.39, 0.29) is 18.9 Å². The number of rotatable bonds is 29. The molecule has 0 aromatic heterocycles. The number of quaternary nitrogens is 1. The molecule has 0 saturated heterocycles. The quantitative estimate of drug-likeness (QED) is 0.0359. The van der Waals surface area contributed by atoms with Gasteiger partial charge in [-0.2, -0.15) is 0 Å². The van der Waals surface area contributed by atoms with Crippen LogP contribution in [0.3, 0.4) is 0 Å². The van der Waals surface area contributed by atoms with E-state index in [9.17, 15) is 19.4 Å². The fourth-order valence-corrected chi connectivity index (χ4v) is 4.73. The summed E-state index contributed by atoms with van der Waals surface area (Å²) < 4.78 is 22.9. The lowest BCUT2D eigenvalue weighted by Crippen LogP contribution is -2.45. The van der Waals surface area contributed by atoms with E-state index in [1.54, 1.807) is 6.08 Å². The summed E-state index contributed by atoms with van der Waals surface area (Å²) in [6, 6.07) is -0.934. The maximum atomic E-state index is 12.7. The minimum atomic E-state index is -4.60. The summed E-state index contributed by atoms with van der Waals surface area (Å²) in [6.45, 7) is 4.33. The molecule has 9 heteroatoms. The molecule has 8 nitrogen and oxygen atoms in total. The Bertz CT molecular complexity index is 1040. The molecule has 0 rings (SSSR count). The van der Waals surface area contributed by atoms with Crippen molar-refractivity contribution in [1.82, 2.24) is 5.32 Å². The molecule has 1 amide bonds. The third-order valence-corrected chi connectivity index (χ3v) is 7.80. The standard InChI is InChI=1S/C38H65N2O6P/c1-6-8-10-12-14-16-17-18-19-20-21-22-23-24-26-28-30-32-38(42)39-36(35-46-47(43,44)45-34-33-40(3,4)5)37(41)31-29-27-25-15-13-11-9-7-2/h8,10,13-16,18-19,21-22,24,26,29,31,36-37,41H,6-7,9,11-12,17,20,23,25,27-28,30,32-35H2,1-5H3,(H-,39,42,43,44)/b10-8-,15-13+,16-14-,19-18-,22-21-,26-24-,31-29+. The van der Waals surface area contributed by atoms with Crippen LogP contribution in [0.1, 0.15) is 97.3 Å². The number of carbonyl (C=O) groups is 1. The average molecular weight is 677 g/mol. The van der Waals surface area contributed by atoms with Crippen molar-refractivity contribution < 1.29 is 32.9 Å². The number of aliphatic hydroxyl groups is 1. The highest BCUT2D eigenvalue weighted by molar-refractivity contribution is 7.45. The molecule has 0 aliphatic rings. The minimum Gasteiger partial charge on any atom is -0.756 e. The summed E-state index contributed by atoms with van der Waals surface area (Å²) in [5, 5.41) is 13.5. The number of amides is 1. The van der Waals surface area contributed by atoms with Crippen molar-refractivity contribution in [2.45, 2.75) is 109 Å². The Kier molecular flexibility index (Phi) is 28.3. The topological polar surface area (TPSA) is 108 Å². The molecule has 268 valence electrons. The second-order valence-corrected chi connectivity index (χ2v) is 13.9. The number of likely N-dealkylation sites (N-methyl/N-ethyl adjacent to an activating group) is 1. The molecule has 2 N–H and O–H groups in total. The van der Waals surface area contributed by atoms with Crippen molar-refractivity contribution in [3.63, 3.8) is 0 Å². The van der Waals surface area contributed by atoms with Crippen LogP contribution in [0.15, 0.2) is 85.1 Å². The number of carbonyl (C=O) groups excluding carboxylic acids is 1. The van der Waals surface area contributed by atoms with Gasteiger partial charge in [-0.1, -0.05) is 112 Å². The Morgan fingerprint density at radius 1 is 0.766 bits per heavy atom. The van der Waals surface area contributed by atoms with Crippen LogP contribution in [0.5, 0.6) is 0 Å². The third kappa shape index (κ3) is 32.0. The first-order chi connectivity index (χ1) is 22.5. The molecule has 0 fully saturated rings. The summed E-state index contributed by atoms with van der Waals surface area (Å²) >= 11 is 0. The molecular weight excluding hydrogens is 611 g/mol. The maximum Gasteiger partial charge on any atom is 0.268 e. The van der Waals surface area contributed by atoms with Crippen LogP contribution in [0.2, 0.25) is 0 Å². The predicted octanol–water partition coefficient (Wildman–Crippen LogP) is 8.04. The van der Waals surface area contributed by atoms with Gasteiger partial charge in [-0.05, 0) is 64.2 Å². The number of nitrogens with one attached hydrogen (secondary N) is 1. The van der Waals surface area contributed by atoms with Crippen molar-refractivity contribution in [3.05, 3.63) is 85.1 Å². The van der Waals surface area contributed by atoms with Crippen LogP contribution in [0, 0.1) is 0 Å². The lowest BCUT2D eigenvalue weighted by atomic mass is 10.1. The van der Waals surface area contributed by atoms with Gasteiger partial charge in [0.2, 0.25) is 5.91 Å². The molecule has 0 spiro atoms. The summed E-state index contributed by atoms with van der Waals surface area (Å²) in [4.78, 5) is 25.0. The largest absolute Gasteiger partial charge is 0.756 e. The fourth-order valence-electron chi connectivity index (χ4n) is 4.01. The van der Waals surface area contributed by atoms with Gasteiger partial charge in [0.1, 0.15) is 13.2 Å². The Morgan fingerprint density at radius 2 is 1.28 bits per heavy atom. The first-order valence-corrected chi connectivity index (χ1v) is 18.9. The third-order valence-electron chi connectivity index (χ3n) is 6.84. The molecule has 3 unspecified atom stereocenters. The summed E-state index contributed by atoms with van der Waals surface area (Å²) in [7, 11) is 1.18. The molecule has 3 atom stereocenters. The van der Waals surface area contributed by atoms with E-state index in [0.29, 0.717) is 17.4 Å². The smallest absolute Gasteiger partial charge is 0.268 e. The highest BCUT2D eigenvalue weighted by Gasteiger charge is 2.23. The van der Waals surface area contributed by atoms with Gasteiger partial charge in [-0.25, -0.2) is 0 Å². The van der Waals surface area contributed by atoms with Crippen LogP contribution in [-0.2, 0) is 18.4 Å². The Balaban J connectivity index is 4.67. The average Bonchev–Trinajstić information content (AvgIpc) is 3.01. The molecule has 0 aliphatic heterocycles. The molecule has 0 aromatic rings. The number of nitrogens with zero attached hydrogens (tertiary/aromatic N) is 1. The SMILES string of the molecule is CC/C=C\C/C=C\C/C=C\C/C=C\C/C=C\CCCC(=O)NC(COP(=O)([O-])OCC[N+](C)(C)C)C(O)/C=C/CC/C=C/CCCC. The number of hydrogen-bond donors (Lipinski definition) is 2. The monoisotopic (exact) mass is 676 g/mol. The zero-order chi connectivity index (χ0) is 35.1. The van der Waals surface area contributed by atoms with Crippen LogP contribution < -0.4 is 10.2 Å². The van der Waals surface area contributed by atoms with Crippen LogP contribution in [-0.4, -0.2) is 68.5 Å². The number of phosphoric ester groups is 1. The van der Waals surface area contributed by atoms with Gasteiger partial charge in [0.25, 0.3) is 7.82 Å². The summed E-state index contributed by atoms with van der Waals surface area (Å²) in [5.41, 5.74) is 0. The molecule has 0 bridgehead atoms. The van der Waals surface area contributed by atoms with Gasteiger partial charge in [0, 0.05) is 6.42 Å². The molecule has 47 heavy (non-hydrogen) atoms. The van der Waals surface area contributed by atoms with Gasteiger partial charge in [0.15, 0.2) is 0 Å². The van der Waals surface area contributed by atoms with Crippen molar-refractivity contribution in [2.24, 2.45) is 0 Å². The van der Waals surface area contributed by atoms with Crippen LogP contribution in [0.4, 0.5) is 0 Å². The van der Waals surface area contributed by atoms with Gasteiger partial charge in [-0.15, -0.1) is 0 Å². The number of phosphoric acid groups is 1. The molecule has 0 saturated carbocycles. The summed E-state index contributed by atoms with van der Waals surface area (Å²) in [6.07, 6.45) is 39.4. The number of hydrogen-bond acceptors (Lipinski definition) is 6. The first kappa shape index (κ1) is 44.7. The van der Waals surface area contributed by atoms with E-state index >= 15 is 0 Å². The number of unbranched alkanes of at least 4 members (excludes halogenated alkanes) is 4. The van der Waals surface area contributed by atoms with Crippen LogP contribution >= 0.6 is 7.82 Å². The minimum absolute atomic E-state index is 0.0225. The Morgan fingerprint density at radius 3 is 1.85 bits per heavy atom. The van der Waals surface area contributed by atoms with E-state index in [0.717, 1.165) is 70.6 Å². The van der Waals surface area contributed by atoms with Gasteiger partial charge < -0.3 is 28.8 Å². The lowest BCUT2D eigenvalue weighted by molar-refractivity contribution is -0.870. The zero-order valence-electron chi connectivity index (χ0n) is 29.9. The van der Waals surface area contributed by atoms with E-state index < -0.39 is 26.6 Å². The Labute approximate surface area is 286 Å². The van der Waals surface area contributed by atoms with Crippen molar-refractivity contribution in [1.29, 1.82) is 0 Å². The van der Waals surface area contributed by atoms with Crippen molar-refractivity contribution >= 4 is 13.7 Å². The lowest BCUT2D eigenvalue weighted by Gasteiger charge is -2.29. The van der Waals surface area contributed by atoms with Crippen molar-refractivity contribution in [2.75, 3.05) is 40.9 Å². The highest BCUT2D eigenvalue weighted by Crippen LogP contribution is 2.38. The normalized spacial score (nSPS) is 15.8. The predicted molar refractivity (Wildman–Crippen MR) is 196 cm³/mol. The maximum absolute atomic E-state index is 12.7. The molecule has 0 aromatic carbocycles. The second kappa shape index (κ2) is 29.8. The Hall–Kier alpha value is -2.32. The van der Waals surface area contributed by atoms with E-state index in [1.807, 2.05) is 27.2 Å². The van der Waals surface area contributed by atoms with E-state index in [4.69, 9.17) is 9.05 Å². The molecule has 0 aliphatic carbocycles. The zero-order valence-corrected chi connectivity index (χ0v) is 30.8. The summed E-state index contributed by atoms with van der Waals surface area (Å²) in [5.74, 6) is -0.274. The molecular formula is C38H65N2O6P. The van der Waals surface area contributed by atoms with Gasteiger partial charge in [0.05, 0.1) is 39.9 Å². The molecule has 0 radical (unpaired) electrons. The first-order valence-electron chi connectivity index (χ1n) is 17.4. The van der Waals surface area contributed by atoms with E-state index in [1.165, 1.54) is 0 Å². The van der Waals surface area contributed by atoms with Crippen molar-refractivity contribution in [3.8, 4) is 0 Å².